The molecule has 0 bridgehead atoms. The first-order valence-electron chi connectivity index (χ1n) is 6.45. The van der Waals surface area contributed by atoms with E-state index in [1.54, 1.807) is 0 Å². The third-order valence-corrected chi connectivity index (χ3v) is 4.36. The molecule has 1 fully saturated rings. The molecule has 0 aliphatic carbocycles. The van der Waals surface area contributed by atoms with Gasteiger partial charge in [0.05, 0.1) is 0 Å². The quantitative estimate of drug-likeness (QED) is 0.884. The van der Waals surface area contributed by atoms with Crippen molar-refractivity contribution >= 4 is 17.4 Å². The Morgan fingerprint density at radius 1 is 1.29 bits per heavy atom. The van der Waals surface area contributed by atoms with E-state index in [9.17, 15) is 0 Å². The van der Waals surface area contributed by atoms with Gasteiger partial charge in [-0.1, -0.05) is 25.1 Å². The van der Waals surface area contributed by atoms with Crippen molar-refractivity contribution in [3.8, 4) is 0 Å². The summed E-state index contributed by atoms with van der Waals surface area (Å²) in [6.07, 6.45) is 1.14. The van der Waals surface area contributed by atoms with Gasteiger partial charge in [-0.15, -0.1) is 0 Å². The van der Waals surface area contributed by atoms with Gasteiger partial charge in [0.25, 0.3) is 0 Å². The van der Waals surface area contributed by atoms with Gasteiger partial charge in [-0.2, -0.15) is 11.8 Å². The number of anilines is 1. The summed E-state index contributed by atoms with van der Waals surface area (Å²) in [5.41, 5.74) is 2.87. The zero-order chi connectivity index (χ0) is 12.1. The average Bonchev–Trinajstić information content (AvgIpc) is 2.42. The molecule has 1 aliphatic heterocycles. The van der Waals surface area contributed by atoms with Gasteiger partial charge in [-0.05, 0) is 25.1 Å². The minimum atomic E-state index is 0.473. The summed E-state index contributed by atoms with van der Waals surface area (Å²) in [5, 5.41) is 3.42. The van der Waals surface area contributed by atoms with Crippen LogP contribution in [0.2, 0.25) is 0 Å². The van der Waals surface area contributed by atoms with Crippen molar-refractivity contribution in [2.75, 3.05) is 36.5 Å². The molecule has 94 valence electrons. The number of hydrogen-bond donors (Lipinski definition) is 1. The third-order valence-electron chi connectivity index (χ3n) is 3.42. The molecule has 1 aromatic carbocycles. The van der Waals surface area contributed by atoms with Crippen molar-refractivity contribution in [2.45, 2.75) is 19.4 Å². The van der Waals surface area contributed by atoms with E-state index in [2.05, 4.69) is 60.2 Å². The van der Waals surface area contributed by atoms with Gasteiger partial charge in [0.1, 0.15) is 0 Å². The standard InChI is InChI=1S/C14H22N2S/c1-3-13(15-2)12-6-4-5-7-14(12)16-8-10-17-11-9-16/h4-7,13,15H,3,8-11H2,1-2H3. The smallest absolute Gasteiger partial charge is 0.0415 e. The Morgan fingerprint density at radius 2 is 2.00 bits per heavy atom. The summed E-state index contributed by atoms with van der Waals surface area (Å²) >= 11 is 2.06. The summed E-state index contributed by atoms with van der Waals surface area (Å²) in [5.74, 6) is 2.51. The Balaban J connectivity index is 2.25. The van der Waals surface area contributed by atoms with Crippen LogP contribution in [0.5, 0.6) is 0 Å². The second-order valence-electron chi connectivity index (χ2n) is 4.41. The van der Waals surface area contributed by atoms with Crippen LogP contribution in [-0.4, -0.2) is 31.6 Å². The molecule has 1 saturated heterocycles. The second kappa shape index (κ2) is 6.31. The fraction of sp³-hybridized carbons (Fsp3) is 0.571. The molecule has 1 aromatic rings. The fourth-order valence-corrected chi connectivity index (χ4v) is 3.36. The molecular formula is C14H22N2S. The maximum absolute atomic E-state index is 3.42. The van der Waals surface area contributed by atoms with Crippen LogP contribution < -0.4 is 10.2 Å². The molecule has 3 heteroatoms. The first-order chi connectivity index (χ1) is 8.36. The first-order valence-corrected chi connectivity index (χ1v) is 7.61. The van der Waals surface area contributed by atoms with Crippen LogP contribution in [0.15, 0.2) is 24.3 Å². The van der Waals surface area contributed by atoms with E-state index >= 15 is 0 Å². The Bertz CT molecular complexity index is 344. The largest absolute Gasteiger partial charge is 0.370 e. The van der Waals surface area contributed by atoms with Crippen molar-refractivity contribution in [1.82, 2.24) is 5.32 Å². The number of rotatable bonds is 4. The van der Waals surface area contributed by atoms with Crippen LogP contribution in [0.1, 0.15) is 24.9 Å². The van der Waals surface area contributed by atoms with Crippen molar-refractivity contribution < 1.29 is 0 Å². The maximum Gasteiger partial charge on any atom is 0.0415 e. The second-order valence-corrected chi connectivity index (χ2v) is 5.63. The molecular weight excluding hydrogens is 228 g/mol. The van der Waals surface area contributed by atoms with Crippen LogP contribution in [0.3, 0.4) is 0 Å². The highest BCUT2D eigenvalue weighted by Crippen LogP contribution is 2.29. The lowest BCUT2D eigenvalue weighted by molar-refractivity contribution is 0.575. The molecule has 0 amide bonds. The summed E-state index contributed by atoms with van der Waals surface area (Å²) < 4.78 is 0. The maximum atomic E-state index is 3.42. The topological polar surface area (TPSA) is 15.3 Å². The number of nitrogens with one attached hydrogen (secondary N) is 1. The Kier molecular flexibility index (Phi) is 4.75. The fourth-order valence-electron chi connectivity index (χ4n) is 2.45. The van der Waals surface area contributed by atoms with Crippen LogP contribution in [0, 0.1) is 0 Å². The molecule has 0 spiro atoms. The minimum Gasteiger partial charge on any atom is -0.370 e. The number of thioether (sulfide) groups is 1. The number of para-hydroxylation sites is 1. The lowest BCUT2D eigenvalue weighted by Gasteiger charge is -2.32. The normalized spacial score (nSPS) is 18.1. The van der Waals surface area contributed by atoms with E-state index in [4.69, 9.17) is 0 Å². The van der Waals surface area contributed by atoms with E-state index in [-0.39, 0.29) is 0 Å². The highest BCUT2D eigenvalue weighted by atomic mass is 32.2. The summed E-state index contributed by atoms with van der Waals surface area (Å²) in [6.45, 7) is 4.60. The first kappa shape index (κ1) is 12.8. The van der Waals surface area contributed by atoms with Gasteiger partial charge in [0.15, 0.2) is 0 Å². The van der Waals surface area contributed by atoms with E-state index < -0.39 is 0 Å². The summed E-state index contributed by atoms with van der Waals surface area (Å²) in [7, 11) is 2.05. The SMILES string of the molecule is CCC(NC)c1ccccc1N1CCSCC1. The Morgan fingerprint density at radius 3 is 2.65 bits per heavy atom. The molecule has 2 nitrogen and oxygen atoms in total. The van der Waals surface area contributed by atoms with Crippen molar-refractivity contribution in [1.29, 1.82) is 0 Å². The lowest BCUT2D eigenvalue weighted by atomic mass is 10.0. The molecule has 17 heavy (non-hydrogen) atoms. The third kappa shape index (κ3) is 2.96. The monoisotopic (exact) mass is 250 g/mol. The molecule has 2 rings (SSSR count). The van der Waals surface area contributed by atoms with Crippen LogP contribution in [0.25, 0.3) is 0 Å². The predicted molar refractivity (Wildman–Crippen MR) is 78.1 cm³/mol. The van der Waals surface area contributed by atoms with Crippen molar-refractivity contribution in [3.05, 3.63) is 29.8 Å². The minimum absolute atomic E-state index is 0.473. The molecule has 0 radical (unpaired) electrons. The van der Waals surface area contributed by atoms with Crippen molar-refractivity contribution in [2.24, 2.45) is 0 Å². The molecule has 1 aliphatic rings. The van der Waals surface area contributed by atoms with E-state index in [1.807, 2.05) is 0 Å². The van der Waals surface area contributed by atoms with Crippen molar-refractivity contribution in [3.63, 3.8) is 0 Å². The average molecular weight is 250 g/mol. The van der Waals surface area contributed by atoms with E-state index in [1.165, 1.54) is 35.8 Å². The molecule has 0 aromatic heterocycles. The molecule has 1 heterocycles. The number of benzene rings is 1. The highest BCUT2D eigenvalue weighted by Gasteiger charge is 2.17. The lowest BCUT2D eigenvalue weighted by Crippen LogP contribution is -2.34. The molecule has 0 saturated carbocycles. The van der Waals surface area contributed by atoms with Crippen LogP contribution in [-0.2, 0) is 0 Å². The van der Waals surface area contributed by atoms with Crippen LogP contribution >= 0.6 is 11.8 Å². The van der Waals surface area contributed by atoms with Gasteiger partial charge < -0.3 is 10.2 Å². The summed E-state index contributed by atoms with van der Waals surface area (Å²) in [6, 6.07) is 9.31. The van der Waals surface area contributed by atoms with E-state index in [0.717, 1.165) is 6.42 Å². The number of nitrogens with zero attached hydrogens (tertiary/aromatic N) is 1. The molecule has 1 unspecified atom stereocenters. The van der Waals surface area contributed by atoms with Gasteiger partial charge in [-0.3, -0.25) is 0 Å². The summed E-state index contributed by atoms with van der Waals surface area (Å²) in [4.78, 5) is 2.53. The molecule has 1 atom stereocenters. The van der Waals surface area contributed by atoms with Gasteiger partial charge in [0, 0.05) is 36.3 Å². The predicted octanol–water partition coefficient (Wildman–Crippen LogP) is 2.91. The zero-order valence-corrected chi connectivity index (χ0v) is 11.6. The van der Waals surface area contributed by atoms with Crippen LogP contribution in [0.4, 0.5) is 5.69 Å². The van der Waals surface area contributed by atoms with Gasteiger partial charge in [-0.25, -0.2) is 0 Å². The van der Waals surface area contributed by atoms with Gasteiger partial charge in [0.2, 0.25) is 0 Å². The zero-order valence-electron chi connectivity index (χ0n) is 10.8. The molecule has 1 N–H and O–H groups in total. The Labute approximate surface area is 109 Å². The number of hydrogen-bond acceptors (Lipinski definition) is 3. The van der Waals surface area contributed by atoms with E-state index in [0.29, 0.717) is 6.04 Å². The van der Waals surface area contributed by atoms with Gasteiger partial charge >= 0.3 is 0 Å². The highest BCUT2D eigenvalue weighted by molar-refractivity contribution is 7.99. The Hall–Kier alpha value is -0.670.